The van der Waals surface area contributed by atoms with Crippen molar-refractivity contribution in [1.82, 2.24) is 14.8 Å². The Bertz CT molecular complexity index is 588. The van der Waals surface area contributed by atoms with E-state index in [0.29, 0.717) is 5.13 Å². The molecule has 0 amide bonds. The first-order valence-corrected chi connectivity index (χ1v) is 5.36. The van der Waals surface area contributed by atoms with Crippen molar-refractivity contribution in [3.05, 3.63) is 28.5 Å². The third kappa shape index (κ3) is 1.78. The predicted octanol–water partition coefficient (Wildman–Crippen LogP) is 1.03. The van der Waals surface area contributed by atoms with Gasteiger partial charge in [-0.1, -0.05) is 0 Å². The Morgan fingerprint density at radius 2 is 2.06 bits per heavy atom. The average molecular weight is 253 g/mol. The molecule has 0 aliphatic carbocycles. The van der Waals surface area contributed by atoms with E-state index in [0.717, 1.165) is 0 Å². The Morgan fingerprint density at radius 3 is 2.47 bits per heavy atom. The highest BCUT2D eigenvalue weighted by molar-refractivity contribution is 7.12. The maximum Gasteiger partial charge on any atom is 0.357 e. The first-order chi connectivity index (χ1) is 8.02. The summed E-state index contributed by atoms with van der Waals surface area (Å²) in [4.78, 5) is 25.9. The summed E-state index contributed by atoms with van der Waals surface area (Å²) >= 11 is 1.24. The third-order valence-corrected chi connectivity index (χ3v) is 2.88. The van der Waals surface area contributed by atoms with E-state index in [9.17, 15) is 9.59 Å². The summed E-state index contributed by atoms with van der Waals surface area (Å²) in [7, 11) is 0. The minimum absolute atomic E-state index is 0.241. The Hall–Kier alpha value is -2.22. The number of hydrogen-bond acceptors (Lipinski definition) is 5. The molecule has 2 rings (SSSR count). The van der Waals surface area contributed by atoms with Crippen LogP contribution in [0.4, 0.5) is 0 Å². The predicted molar refractivity (Wildman–Crippen MR) is 57.9 cm³/mol. The molecule has 0 radical (unpaired) electrons. The van der Waals surface area contributed by atoms with E-state index in [1.807, 2.05) is 0 Å². The van der Waals surface area contributed by atoms with Gasteiger partial charge in [0.05, 0.1) is 5.69 Å². The zero-order chi connectivity index (χ0) is 12.6. The Balaban J connectivity index is 2.68. The lowest BCUT2D eigenvalue weighted by Gasteiger charge is -1.97. The van der Waals surface area contributed by atoms with Crippen molar-refractivity contribution in [2.24, 2.45) is 0 Å². The van der Waals surface area contributed by atoms with Crippen molar-refractivity contribution in [3.63, 3.8) is 0 Å². The zero-order valence-corrected chi connectivity index (χ0v) is 9.43. The zero-order valence-electron chi connectivity index (χ0n) is 8.62. The second-order valence-corrected chi connectivity index (χ2v) is 4.02. The Labute approximate surface area is 99.0 Å². The van der Waals surface area contributed by atoms with E-state index >= 15 is 0 Å². The highest BCUT2D eigenvalue weighted by atomic mass is 32.1. The van der Waals surface area contributed by atoms with Crippen LogP contribution < -0.4 is 0 Å². The molecular weight excluding hydrogens is 246 g/mol. The van der Waals surface area contributed by atoms with Gasteiger partial charge in [-0.15, -0.1) is 11.3 Å². The van der Waals surface area contributed by atoms with Crippen LogP contribution >= 0.6 is 11.3 Å². The fraction of sp³-hybridized carbons (Fsp3) is 0.111. The standard InChI is InChI=1S/C9H7N3O4S/c1-4-5(7(13)14)6(8(15)16)11-12(4)9-10-2-3-17-9/h2-3H,1H3,(H,13,14)(H,15,16). The fourth-order valence-corrected chi connectivity index (χ4v) is 2.06. The van der Waals surface area contributed by atoms with Crippen LogP contribution in [0.5, 0.6) is 0 Å². The number of thiazole rings is 1. The van der Waals surface area contributed by atoms with Crippen molar-refractivity contribution < 1.29 is 19.8 Å². The first kappa shape index (κ1) is 11.3. The summed E-state index contributed by atoms with van der Waals surface area (Å²) in [5.41, 5.74) is -0.553. The van der Waals surface area contributed by atoms with Gasteiger partial charge in [-0.3, -0.25) is 0 Å². The summed E-state index contributed by atoms with van der Waals surface area (Å²) in [5, 5.41) is 23.7. The fourth-order valence-electron chi connectivity index (χ4n) is 1.41. The monoisotopic (exact) mass is 253 g/mol. The van der Waals surface area contributed by atoms with E-state index in [4.69, 9.17) is 10.2 Å². The molecule has 17 heavy (non-hydrogen) atoms. The summed E-state index contributed by atoms with van der Waals surface area (Å²) in [5.74, 6) is -2.69. The number of carbonyl (C=O) groups is 2. The summed E-state index contributed by atoms with van der Waals surface area (Å²) in [6, 6.07) is 0. The van der Waals surface area contributed by atoms with Gasteiger partial charge in [-0.2, -0.15) is 5.10 Å². The first-order valence-electron chi connectivity index (χ1n) is 4.48. The average Bonchev–Trinajstić information content (AvgIpc) is 2.83. The van der Waals surface area contributed by atoms with Crippen LogP contribution in [-0.2, 0) is 0 Å². The van der Waals surface area contributed by atoms with Crippen molar-refractivity contribution in [3.8, 4) is 5.13 Å². The number of carboxylic acids is 2. The lowest BCUT2D eigenvalue weighted by Crippen LogP contribution is -2.07. The smallest absolute Gasteiger partial charge is 0.357 e. The van der Waals surface area contributed by atoms with Gasteiger partial charge in [0, 0.05) is 11.6 Å². The summed E-state index contributed by atoms with van der Waals surface area (Å²) in [6.45, 7) is 1.49. The van der Waals surface area contributed by atoms with Crippen LogP contribution in [0.3, 0.4) is 0 Å². The maximum atomic E-state index is 11.0. The van der Waals surface area contributed by atoms with Gasteiger partial charge in [0.2, 0.25) is 5.13 Å². The minimum atomic E-state index is -1.37. The van der Waals surface area contributed by atoms with Gasteiger partial charge >= 0.3 is 11.9 Å². The number of aromatic nitrogens is 3. The minimum Gasteiger partial charge on any atom is -0.478 e. The van der Waals surface area contributed by atoms with Gasteiger partial charge in [-0.05, 0) is 6.92 Å². The van der Waals surface area contributed by atoms with Crippen LogP contribution in [0, 0.1) is 6.92 Å². The van der Waals surface area contributed by atoms with E-state index in [1.54, 1.807) is 5.38 Å². The molecule has 0 atom stereocenters. The van der Waals surface area contributed by atoms with Crippen LogP contribution in [0.1, 0.15) is 26.5 Å². The second-order valence-electron chi connectivity index (χ2n) is 3.15. The topological polar surface area (TPSA) is 105 Å². The molecule has 0 bridgehead atoms. The van der Waals surface area contributed by atoms with Crippen LogP contribution in [0.15, 0.2) is 11.6 Å². The lowest BCUT2D eigenvalue weighted by molar-refractivity contribution is 0.0648. The molecule has 88 valence electrons. The molecule has 7 nitrogen and oxygen atoms in total. The SMILES string of the molecule is Cc1c(C(=O)O)c(C(=O)O)nn1-c1nccs1. The lowest BCUT2D eigenvalue weighted by atomic mass is 10.2. The summed E-state index contributed by atoms with van der Waals surface area (Å²) in [6.07, 6.45) is 1.53. The molecule has 0 aliphatic rings. The molecule has 0 spiro atoms. The van der Waals surface area contributed by atoms with Gasteiger partial charge < -0.3 is 10.2 Å². The van der Waals surface area contributed by atoms with Crippen molar-refractivity contribution in [2.75, 3.05) is 0 Å². The summed E-state index contributed by atoms with van der Waals surface area (Å²) < 4.78 is 1.22. The number of rotatable bonds is 3. The molecular formula is C9H7N3O4S. The molecule has 0 unspecified atom stereocenters. The Morgan fingerprint density at radius 1 is 1.35 bits per heavy atom. The Kier molecular flexibility index (Phi) is 2.64. The van der Waals surface area contributed by atoms with Gasteiger partial charge in [0.15, 0.2) is 5.69 Å². The van der Waals surface area contributed by atoms with Crippen LogP contribution in [0.25, 0.3) is 5.13 Å². The highest BCUT2D eigenvalue weighted by Crippen LogP contribution is 2.19. The maximum absolute atomic E-state index is 11.0. The van der Waals surface area contributed by atoms with Crippen molar-refractivity contribution in [2.45, 2.75) is 6.92 Å². The normalized spacial score (nSPS) is 10.4. The van der Waals surface area contributed by atoms with Gasteiger partial charge in [0.25, 0.3) is 0 Å². The second kappa shape index (κ2) is 3.98. The van der Waals surface area contributed by atoms with Gasteiger partial charge in [0.1, 0.15) is 5.56 Å². The van der Waals surface area contributed by atoms with Gasteiger partial charge in [-0.25, -0.2) is 19.3 Å². The van der Waals surface area contributed by atoms with Crippen LogP contribution in [0.2, 0.25) is 0 Å². The number of nitrogens with zero attached hydrogens (tertiary/aromatic N) is 3. The molecule has 0 aliphatic heterocycles. The van der Waals surface area contributed by atoms with Crippen molar-refractivity contribution in [1.29, 1.82) is 0 Å². The van der Waals surface area contributed by atoms with E-state index in [2.05, 4.69) is 10.1 Å². The number of carboxylic acid groups (broad SMARTS) is 2. The molecule has 2 aromatic rings. The molecule has 8 heteroatoms. The third-order valence-electron chi connectivity index (χ3n) is 2.13. The molecule has 0 saturated heterocycles. The largest absolute Gasteiger partial charge is 0.478 e. The molecule has 0 saturated carbocycles. The quantitative estimate of drug-likeness (QED) is 0.846. The number of aromatic carboxylic acids is 2. The van der Waals surface area contributed by atoms with Crippen LogP contribution in [-0.4, -0.2) is 36.9 Å². The molecule has 0 aromatic carbocycles. The molecule has 0 fully saturated rings. The molecule has 2 heterocycles. The van der Waals surface area contributed by atoms with E-state index < -0.39 is 17.6 Å². The van der Waals surface area contributed by atoms with E-state index in [-0.39, 0.29) is 11.3 Å². The van der Waals surface area contributed by atoms with Crippen molar-refractivity contribution >= 4 is 23.3 Å². The number of hydrogen-bond donors (Lipinski definition) is 2. The highest BCUT2D eigenvalue weighted by Gasteiger charge is 2.26. The molecule has 2 aromatic heterocycles. The molecule has 2 N–H and O–H groups in total. The van der Waals surface area contributed by atoms with E-state index in [1.165, 1.54) is 29.1 Å².